The highest BCUT2D eigenvalue weighted by molar-refractivity contribution is 7.47. The summed E-state index contributed by atoms with van der Waals surface area (Å²) in [6.45, 7) is 0. The molecule has 12 heteroatoms. The molecule has 1 aliphatic heterocycles. The van der Waals surface area contributed by atoms with Gasteiger partial charge in [-0.15, -0.1) is 0 Å². The van der Waals surface area contributed by atoms with Gasteiger partial charge in [-0.3, -0.25) is 4.52 Å². The summed E-state index contributed by atoms with van der Waals surface area (Å²) < 4.78 is 23.0. The van der Waals surface area contributed by atoms with Crippen molar-refractivity contribution in [3.63, 3.8) is 0 Å². The quantitative estimate of drug-likeness (QED) is 0.152. The number of aliphatic hydroxyl groups is 5. The topological polar surface area (TPSA) is 192 Å². The maximum Gasteiger partial charge on any atom is 0.491 e. The van der Waals surface area contributed by atoms with E-state index in [1.807, 2.05) is 0 Å². The lowest BCUT2D eigenvalue weighted by atomic mass is 9.99. The number of ether oxygens (including phenoxy) is 1. The number of phosphoric acid groups is 1. The summed E-state index contributed by atoms with van der Waals surface area (Å²) in [5.74, 6) is 4.40. The molecule has 18 heavy (non-hydrogen) atoms. The van der Waals surface area contributed by atoms with E-state index in [1.165, 1.54) is 0 Å². The molecule has 0 bridgehead atoms. The second-order valence-corrected chi connectivity index (χ2v) is 4.89. The Bertz CT molecular complexity index is 327. The summed E-state index contributed by atoms with van der Waals surface area (Å²) in [4.78, 5) is 8.81. The normalized spacial score (nSPS) is 42.3. The Morgan fingerprint density at radius 1 is 1.17 bits per heavy atom. The van der Waals surface area contributed by atoms with Crippen molar-refractivity contribution in [2.45, 2.75) is 37.0 Å². The van der Waals surface area contributed by atoms with E-state index in [2.05, 4.69) is 19.8 Å². The lowest BCUT2D eigenvalue weighted by Gasteiger charge is -2.39. The number of nitrogens with two attached hydrogens (primary N) is 1. The van der Waals surface area contributed by atoms with E-state index < -0.39 is 44.8 Å². The smallest absolute Gasteiger partial charge is 0.387 e. The fourth-order valence-corrected chi connectivity index (χ4v) is 1.79. The third-order valence-corrected chi connectivity index (χ3v) is 3.03. The molecule has 0 saturated carbocycles. The van der Waals surface area contributed by atoms with Crippen molar-refractivity contribution >= 4 is 7.82 Å². The van der Waals surface area contributed by atoms with E-state index in [1.54, 1.807) is 0 Å². The first-order valence-electron chi connectivity index (χ1n) is 4.65. The average Bonchev–Trinajstić information content (AvgIpc) is 2.30. The van der Waals surface area contributed by atoms with Gasteiger partial charge in [-0.25, -0.2) is 15.1 Å². The lowest BCUT2D eigenvalue weighted by Crippen LogP contribution is -2.60. The van der Waals surface area contributed by atoms with Crippen LogP contribution in [0.15, 0.2) is 0 Å². The van der Waals surface area contributed by atoms with Crippen LogP contribution in [0, 0.1) is 0 Å². The summed E-state index contributed by atoms with van der Waals surface area (Å²) in [7, 11) is -4.77. The predicted octanol–water partition coefficient (Wildman–Crippen LogP) is -3.89. The Morgan fingerprint density at radius 2 is 1.72 bits per heavy atom. The molecule has 0 radical (unpaired) electrons. The van der Waals surface area contributed by atoms with Gasteiger partial charge in [0.25, 0.3) is 0 Å². The van der Waals surface area contributed by atoms with Crippen molar-refractivity contribution in [2.24, 2.45) is 5.90 Å². The highest BCUT2D eigenvalue weighted by atomic mass is 31.2. The zero-order valence-electron chi connectivity index (χ0n) is 8.80. The van der Waals surface area contributed by atoms with Crippen LogP contribution in [0.25, 0.3) is 0 Å². The van der Waals surface area contributed by atoms with E-state index in [-0.39, 0.29) is 0 Å². The second-order valence-electron chi connectivity index (χ2n) is 3.53. The molecule has 1 heterocycles. The molecule has 0 aromatic rings. The molecule has 1 rings (SSSR count). The Labute approximate surface area is 101 Å². The van der Waals surface area contributed by atoms with Crippen molar-refractivity contribution < 1.29 is 48.9 Å². The van der Waals surface area contributed by atoms with Gasteiger partial charge < -0.3 is 35.2 Å². The SMILES string of the molecule is NOP(=O)(O)OC(O)C1OC(O)C(O)C(O)C1O. The lowest BCUT2D eigenvalue weighted by molar-refractivity contribution is -0.314. The molecule has 8 N–H and O–H groups in total. The van der Waals surface area contributed by atoms with Gasteiger partial charge >= 0.3 is 7.82 Å². The number of aliphatic hydroxyl groups excluding tert-OH is 5. The van der Waals surface area contributed by atoms with E-state index in [0.717, 1.165) is 0 Å². The van der Waals surface area contributed by atoms with Crippen LogP contribution >= 0.6 is 7.82 Å². The molecule has 1 saturated heterocycles. The maximum absolute atomic E-state index is 10.9. The van der Waals surface area contributed by atoms with Crippen LogP contribution in [0.2, 0.25) is 0 Å². The Kier molecular flexibility index (Phi) is 5.17. The van der Waals surface area contributed by atoms with E-state index >= 15 is 0 Å². The number of phosphoric ester groups is 1. The van der Waals surface area contributed by atoms with Gasteiger partial charge in [0.15, 0.2) is 12.6 Å². The molecule has 0 aromatic heterocycles. The van der Waals surface area contributed by atoms with Crippen LogP contribution in [-0.2, 0) is 18.5 Å². The third kappa shape index (κ3) is 3.44. The first kappa shape index (κ1) is 15.9. The minimum absolute atomic E-state index is 1.80. The number of hydrogen-bond donors (Lipinski definition) is 7. The van der Waals surface area contributed by atoms with Gasteiger partial charge in [0.1, 0.15) is 24.4 Å². The van der Waals surface area contributed by atoms with Gasteiger partial charge in [0.05, 0.1) is 0 Å². The minimum Gasteiger partial charge on any atom is -0.387 e. The molecule has 0 amide bonds. The monoisotopic (exact) mass is 291 g/mol. The van der Waals surface area contributed by atoms with Gasteiger partial charge in [0, 0.05) is 0 Å². The predicted molar refractivity (Wildman–Crippen MR) is 51.1 cm³/mol. The summed E-state index contributed by atoms with van der Waals surface area (Å²) in [5.41, 5.74) is 0. The Hall–Kier alpha value is -0.170. The molecule has 0 spiro atoms. The first-order valence-corrected chi connectivity index (χ1v) is 6.14. The molecule has 7 unspecified atom stereocenters. The minimum atomic E-state index is -4.77. The molecule has 7 atom stereocenters. The zero-order chi connectivity index (χ0) is 14.1. The fraction of sp³-hybridized carbons (Fsp3) is 1.00. The highest BCUT2D eigenvalue weighted by Crippen LogP contribution is 2.43. The molecule has 1 aliphatic rings. The fourth-order valence-electron chi connectivity index (χ4n) is 1.34. The molecular formula is C6H14NO10P. The largest absolute Gasteiger partial charge is 0.491 e. The van der Waals surface area contributed by atoms with Crippen molar-refractivity contribution in [1.82, 2.24) is 0 Å². The van der Waals surface area contributed by atoms with E-state index in [9.17, 15) is 19.9 Å². The molecule has 108 valence electrons. The van der Waals surface area contributed by atoms with Gasteiger partial charge in [-0.1, -0.05) is 0 Å². The van der Waals surface area contributed by atoms with Crippen LogP contribution in [0.1, 0.15) is 0 Å². The second kappa shape index (κ2) is 5.86. The van der Waals surface area contributed by atoms with Crippen molar-refractivity contribution in [1.29, 1.82) is 0 Å². The summed E-state index contributed by atoms with van der Waals surface area (Å²) in [6, 6.07) is 0. The van der Waals surface area contributed by atoms with Crippen LogP contribution < -0.4 is 5.90 Å². The van der Waals surface area contributed by atoms with Crippen LogP contribution in [0.3, 0.4) is 0 Å². The summed E-state index contributed by atoms with van der Waals surface area (Å²) >= 11 is 0. The summed E-state index contributed by atoms with van der Waals surface area (Å²) in [5, 5.41) is 46.4. The summed E-state index contributed by atoms with van der Waals surface area (Å²) in [6.07, 6.45) is -11.5. The third-order valence-electron chi connectivity index (χ3n) is 2.28. The van der Waals surface area contributed by atoms with Gasteiger partial charge in [-0.05, 0) is 0 Å². The van der Waals surface area contributed by atoms with Crippen LogP contribution in [-0.4, -0.2) is 67.4 Å². The van der Waals surface area contributed by atoms with Crippen molar-refractivity contribution in [3.05, 3.63) is 0 Å². The number of hydrogen-bond acceptors (Lipinski definition) is 10. The first-order chi connectivity index (χ1) is 8.19. The standard InChI is InChI=1S/C6H14NO10P/c7-17-18(13,14)16-6(12)4-2(9)1(8)3(10)5(11)15-4/h1-6,8-12H,7H2,(H,13,14). The Balaban J connectivity index is 2.73. The van der Waals surface area contributed by atoms with Crippen molar-refractivity contribution in [3.8, 4) is 0 Å². The maximum atomic E-state index is 10.9. The number of rotatable bonds is 4. The van der Waals surface area contributed by atoms with E-state index in [0.29, 0.717) is 0 Å². The average molecular weight is 291 g/mol. The molecule has 11 nitrogen and oxygen atoms in total. The molecular weight excluding hydrogens is 277 g/mol. The van der Waals surface area contributed by atoms with Crippen LogP contribution in [0.4, 0.5) is 0 Å². The van der Waals surface area contributed by atoms with Gasteiger partial charge in [0.2, 0.25) is 0 Å². The molecule has 0 aliphatic carbocycles. The highest BCUT2D eigenvalue weighted by Gasteiger charge is 2.47. The molecule has 1 fully saturated rings. The molecule has 0 aromatic carbocycles. The van der Waals surface area contributed by atoms with Gasteiger partial charge in [-0.2, -0.15) is 0 Å². The zero-order valence-corrected chi connectivity index (χ0v) is 9.70. The van der Waals surface area contributed by atoms with Crippen LogP contribution in [0.5, 0.6) is 0 Å². The Morgan fingerprint density at radius 3 is 2.22 bits per heavy atom. The van der Waals surface area contributed by atoms with E-state index in [4.69, 9.17) is 15.1 Å². The van der Waals surface area contributed by atoms with Crippen molar-refractivity contribution in [2.75, 3.05) is 0 Å².